The van der Waals surface area contributed by atoms with E-state index >= 15 is 0 Å². The van der Waals surface area contributed by atoms with Crippen LogP contribution >= 0.6 is 0 Å². The molecule has 0 radical (unpaired) electrons. The minimum absolute atomic E-state index is 0.0819. The maximum Gasteiger partial charge on any atom is 0.573 e. The molecule has 0 spiro atoms. The maximum atomic E-state index is 13.1. The zero-order valence-electron chi connectivity index (χ0n) is 21.9. The molecule has 220 valence electrons. The molecule has 4 aromatic rings. The Balaban J connectivity index is 1.78. The van der Waals surface area contributed by atoms with Crippen molar-refractivity contribution >= 4 is 5.91 Å². The van der Waals surface area contributed by atoms with Gasteiger partial charge in [0.15, 0.2) is 6.61 Å². The molecule has 0 fully saturated rings. The van der Waals surface area contributed by atoms with Crippen LogP contribution in [-0.4, -0.2) is 31.8 Å². The predicted octanol–water partition coefficient (Wildman–Crippen LogP) is 7.21. The van der Waals surface area contributed by atoms with Gasteiger partial charge in [0.25, 0.3) is 5.91 Å². The van der Waals surface area contributed by atoms with Crippen LogP contribution < -0.4 is 19.5 Å². The number of para-hydroxylation sites is 1. The van der Waals surface area contributed by atoms with Crippen molar-refractivity contribution in [3.63, 3.8) is 0 Å². The van der Waals surface area contributed by atoms with Gasteiger partial charge < -0.3 is 19.5 Å². The van der Waals surface area contributed by atoms with E-state index in [9.17, 15) is 31.1 Å². The third-order valence-corrected chi connectivity index (χ3v) is 6.29. The van der Waals surface area contributed by atoms with Gasteiger partial charge in [-0.25, -0.2) is 0 Å². The summed E-state index contributed by atoms with van der Waals surface area (Å²) < 4.78 is 92.5. The van der Waals surface area contributed by atoms with E-state index in [0.717, 1.165) is 24.3 Å². The lowest BCUT2D eigenvalue weighted by Gasteiger charge is -2.36. The molecule has 0 saturated carbocycles. The first kappa shape index (κ1) is 30.3. The maximum absolute atomic E-state index is 13.1. The van der Waals surface area contributed by atoms with Crippen molar-refractivity contribution in [2.45, 2.75) is 24.6 Å². The summed E-state index contributed by atoms with van der Waals surface area (Å²) in [6.07, 6.45) is -9.88. The Morgan fingerprint density at radius 2 is 1.10 bits per heavy atom. The number of amides is 1. The van der Waals surface area contributed by atoms with E-state index in [1.807, 2.05) is 0 Å². The highest BCUT2D eigenvalue weighted by molar-refractivity contribution is 5.77. The summed E-state index contributed by atoms with van der Waals surface area (Å²) in [5.41, 5.74) is -0.167. The van der Waals surface area contributed by atoms with Gasteiger partial charge in [-0.1, -0.05) is 72.8 Å². The van der Waals surface area contributed by atoms with Gasteiger partial charge in [0.2, 0.25) is 0 Å². The lowest BCUT2D eigenvalue weighted by molar-refractivity contribution is -0.275. The Bertz CT molecular complexity index is 1400. The first-order valence-electron chi connectivity index (χ1n) is 12.6. The number of nitrogens with one attached hydrogen (secondary N) is 1. The molecule has 0 heterocycles. The molecule has 5 nitrogen and oxygen atoms in total. The number of hydrogen-bond donors (Lipinski definition) is 1. The first-order chi connectivity index (χ1) is 19.9. The summed E-state index contributed by atoms with van der Waals surface area (Å²) >= 11 is 0. The van der Waals surface area contributed by atoms with Gasteiger partial charge in [-0.05, 0) is 59.5 Å². The smallest absolute Gasteiger partial charge is 0.484 e. The van der Waals surface area contributed by atoms with E-state index in [0.29, 0.717) is 11.3 Å². The van der Waals surface area contributed by atoms with Crippen LogP contribution in [0.4, 0.5) is 26.3 Å². The van der Waals surface area contributed by atoms with E-state index in [2.05, 4.69) is 14.8 Å². The van der Waals surface area contributed by atoms with Gasteiger partial charge in [-0.3, -0.25) is 4.79 Å². The third kappa shape index (κ3) is 8.66. The van der Waals surface area contributed by atoms with Crippen molar-refractivity contribution in [3.8, 4) is 17.2 Å². The fourth-order valence-electron chi connectivity index (χ4n) is 4.53. The molecule has 4 rings (SSSR count). The zero-order valence-corrected chi connectivity index (χ0v) is 21.9. The van der Waals surface area contributed by atoms with Gasteiger partial charge >= 0.3 is 12.7 Å². The molecule has 0 atom stereocenters. The quantitative estimate of drug-likeness (QED) is 0.188. The molecule has 11 heteroatoms. The minimum Gasteiger partial charge on any atom is -0.484 e. The van der Waals surface area contributed by atoms with E-state index in [1.54, 1.807) is 60.7 Å². The Morgan fingerprint density at radius 3 is 1.60 bits per heavy atom. The Kier molecular flexibility index (Phi) is 9.29. The monoisotopic (exact) mass is 589 g/mol. The molecule has 42 heavy (non-hydrogen) atoms. The molecular formula is C31H25F6NO4. The SMILES string of the molecule is O=C(COc1ccccc1)NCC(Cc1ccccc1)(c1cccc(OC(F)(F)F)c1)c1cccc(OC(F)(F)F)c1. The van der Waals surface area contributed by atoms with Crippen molar-refractivity contribution in [2.75, 3.05) is 13.2 Å². The van der Waals surface area contributed by atoms with Gasteiger partial charge in [-0.2, -0.15) is 0 Å². The van der Waals surface area contributed by atoms with Crippen LogP contribution in [0.25, 0.3) is 0 Å². The van der Waals surface area contributed by atoms with E-state index in [1.165, 1.54) is 24.3 Å². The molecule has 0 bridgehead atoms. The van der Waals surface area contributed by atoms with Crippen LogP contribution in [-0.2, 0) is 16.6 Å². The number of benzene rings is 4. The summed E-state index contributed by atoms with van der Waals surface area (Å²) in [6, 6.07) is 27.6. The summed E-state index contributed by atoms with van der Waals surface area (Å²) in [6.45, 7) is -0.594. The molecule has 0 unspecified atom stereocenters. The lowest BCUT2D eigenvalue weighted by Crippen LogP contribution is -2.44. The summed E-state index contributed by atoms with van der Waals surface area (Å²) in [5, 5.41) is 2.76. The lowest BCUT2D eigenvalue weighted by atomic mass is 9.70. The van der Waals surface area contributed by atoms with Gasteiger partial charge in [0, 0.05) is 12.0 Å². The number of halogens is 6. The molecule has 0 aliphatic heterocycles. The molecule has 1 N–H and O–H groups in total. The minimum atomic E-state index is -4.98. The van der Waals surface area contributed by atoms with Crippen molar-refractivity contribution in [3.05, 3.63) is 126 Å². The van der Waals surface area contributed by atoms with E-state index in [4.69, 9.17) is 4.74 Å². The Labute approximate surface area is 237 Å². The zero-order chi connectivity index (χ0) is 30.2. The average Bonchev–Trinajstić information content (AvgIpc) is 2.94. The number of carbonyl (C=O) groups excluding carboxylic acids is 1. The molecule has 0 aromatic heterocycles. The van der Waals surface area contributed by atoms with Crippen LogP contribution in [0.5, 0.6) is 17.2 Å². The second kappa shape index (κ2) is 12.9. The predicted molar refractivity (Wildman–Crippen MR) is 142 cm³/mol. The van der Waals surface area contributed by atoms with Crippen LogP contribution in [0.1, 0.15) is 16.7 Å². The molecule has 0 aliphatic carbocycles. The highest BCUT2D eigenvalue weighted by Gasteiger charge is 2.38. The number of ether oxygens (including phenoxy) is 3. The Hall–Kier alpha value is -4.67. The standard InChI is InChI=1S/C31H25F6NO4/c32-30(33,34)41-26-15-7-11-23(17-26)29(19-22-9-3-1-4-10-22,24-12-8-16-27(18-24)42-31(35,36)37)21-38-28(39)20-40-25-13-5-2-6-14-25/h1-18H,19-21H2,(H,38,39). The fraction of sp³-hybridized carbons (Fsp3) is 0.194. The summed E-state index contributed by atoms with van der Waals surface area (Å²) in [4.78, 5) is 12.9. The van der Waals surface area contributed by atoms with Crippen molar-refractivity contribution in [1.29, 1.82) is 0 Å². The molecule has 0 aliphatic rings. The van der Waals surface area contributed by atoms with E-state index < -0.39 is 35.5 Å². The summed E-state index contributed by atoms with van der Waals surface area (Å²) in [7, 11) is 0. The van der Waals surface area contributed by atoms with Gasteiger partial charge in [0.05, 0.1) is 0 Å². The number of hydrogen-bond acceptors (Lipinski definition) is 4. The highest BCUT2D eigenvalue weighted by Crippen LogP contribution is 2.40. The summed E-state index contributed by atoms with van der Waals surface area (Å²) in [5.74, 6) is -1.17. The second-order valence-electron chi connectivity index (χ2n) is 9.27. The number of carbonyl (C=O) groups is 1. The van der Waals surface area contributed by atoms with Crippen molar-refractivity contribution in [2.24, 2.45) is 0 Å². The topological polar surface area (TPSA) is 56.8 Å². The number of rotatable bonds is 11. The molecule has 4 aromatic carbocycles. The van der Waals surface area contributed by atoms with Crippen molar-refractivity contribution < 1.29 is 45.3 Å². The normalized spacial score (nSPS) is 12.0. The van der Waals surface area contributed by atoms with Crippen LogP contribution in [0.3, 0.4) is 0 Å². The van der Waals surface area contributed by atoms with Crippen LogP contribution in [0.15, 0.2) is 109 Å². The van der Waals surface area contributed by atoms with Crippen molar-refractivity contribution in [1.82, 2.24) is 5.32 Å². The van der Waals surface area contributed by atoms with Gasteiger partial charge in [0.1, 0.15) is 17.2 Å². The average molecular weight is 590 g/mol. The molecular weight excluding hydrogens is 564 g/mol. The van der Waals surface area contributed by atoms with Gasteiger partial charge in [-0.15, -0.1) is 26.3 Å². The number of alkyl halides is 6. The Morgan fingerprint density at radius 1 is 0.619 bits per heavy atom. The fourth-order valence-corrected chi connectivity index (χ4v) is 4.53. The second-order valence-corrected chi connectivity index (χ2v) is 9.27. The molecule has 0 saturated heterocycles. The van der Waals surface area contributed by atoms with Crippen LogP contribution in [0.2, 0.25) is 0 Å². The third-order valence-electron chi connectivity index (χ3n) is 6.29. The highest BCUT2D eigenvalue weighted by atomic mass is 19.4. The van der Waals surface area contributed by atoms with E-state index in [-0.39, 0.29) is 30.7 Å². The first-order valence-corrected chi connectivity index (χ1v) is 12.6. The molecule has 1 amide bonds. The largest absolute Gasteiger partial charge is 0.573 e. The van der Waals surface area contributed by atoms with Crippen LogP contribution in [0, 0.1) is 0 Å².